The molecule has 0 bridgehead atoms. The fourth-order valence-corrected chi connectivity index (χ4v) is 1.77. The number of anilines is 2. The summed E-state index contributed by atoms with van der Waals surface area (Å²) in [5.41, 5.74) is 1.27. The van der Waals surface area contributed by atoms with Crippen molar-refractivity contribution >= 4 is 33.3 Å². The topological polar surface area (TPSA) is 66.9 Å². The van der Waals surface area contributed by atoms with Crippen LogP contribution < -0.4 is 10.6 Å². The monoisotopic (exact) mass is 334 g/mol. The first kappa shape index (κ1) is 14.5. The van der Waals surface area contributed by atoms with Crippen molar-refractivity contribution in [3.05, 3.63) is 46.8 Å². The summed E-state index contributed by atoms with van der Waals surface area (Å²) in [7, 11) is 0. The van der Waals surface area contributed by atoms with E-state index in [-0.39, 0.29) is 5.91 Å². The van der Waals surface area contributed by atoms with Crippen molar-refractivity contribution in [2.45, 2.75) is 13.3 Å². The number of rotatable bonds is 5. The van der Waals surface area contributed by atoms with E-state index >= 15 is 0 Å². The van der Waals surface area contributed by atoms with Crippen LogP contribution in [0.15, 0.2) is 41.1 Å². The van der Waals surface area contributed by atoms with Crippen LogP contribution in [0.2, 0.25) is 0 Å². The molecule has 0 unspecified atom stereocenters. The zero-order valence-electron chi connectivity index (χ0n) is 11.1. The summed E-state index contributed by atoms with van der Waals surface area (Å²) in [6, 6.07) is 7.06. The average molecular weight is 335 g/mol. The van der Waals surface area contributed by atoms with Gasteiger partial charge in [0.15, 0.2) is 0 Å². The molecule has 0 aromatic carbocycles. The zero-order chi connectivity index (χ0) is 14.4. The molecule has 2 aromatic heterocycles. The van der Waals surface area contributed by atoms with E-state index in [4.69, 9.17) is 0 Å². The van der Waals surface area contributed by atoms with E-state index in [2.05, 4.69) is 43.5 Å². The first-order chi connectivity index (χ1) is 9.69. The Bertz CT molecular complexity index is 569. The second-order valence-corrected chi connectivity index (χ2v) is 5.09. The summed E-state index contributed by atoms with van der Waals surface area (Å²) in [6.07, 6.45) is 4.32. The number of hydrogen-bond donors (Lipinski definition) is 2. The van der Waals surface area contributed by atoms with Gasteiger partial charge in [0.1, 0.15) is 11.5 Å². The number of pyridine rings is 2. The number of hydrogen-bond acceptors (Lipinski definition) is 4. The molecule has 0 saturated carbocycles. The Hall–Kier alpha value is -1.95. The third-order valence-corrected chi connectivity index (χ3v) is 3.01. The second kappa shape index (κ2) is 7.00. The lowest BCUT2D eigenvalue weighted by molar-refractivity contribution is 0.102. The van der Waals surface area contributed by atoms with Crippen LogP contribution in [0.1, 0.15) is 23.8 Å². The van der Waals surface area contributed by atoms with Gasteiger partial charge in [-0.25, -0.2) is 9.97 Å². The largest absolute Gasteiger partial charge is 0.384 e. The van der Waals surface area contributed by atoms with Crippen molar-refractivity contribution < 1.29 is 4.79 Å². The van der Waals surface area contributed by atoms with Gasteiger partial charge >= 0.3 is 0 Å². The number of carbonyl (C=O) groups excluding carboxylic acids is 1. The molecule has 2 N–H and O–H groups in total. The lowest BCUT2D eigenvalue weighted by atomic mass is 10.3. The van der Waals surface area contributed by atoms with E-state index in [0.717, 1.165) is 23.1 Å². The van der Waals surface area contributed by atoms with Gasteiger partial charge in [-0.2, -0.15) is 0 Å². The number of carbonyl (C=O) groups is 1. The predicted octanol–water partition coefficient (Wildman–Crippen LogP) is 3.31. The maximum Gasteiger partial charge on any atom is 0.275 e. The van der Waals surface area contributed by atoms with Gasteiger partial charge in [0.2, 0.25) is 0 Å². The molecule has 0 aliphatic heterocycles. The van der Waals surface area contributed by atoms with Gasteiger partial charge in [0.25, 0.3) is 5.91 Å². The molecule has 0 spiro atoms. The van der Waals surface area contributed by atoms with Gasteiger partial charge in [0, 0.05) is 17.2 Å². The molecule has 6 heteroatoms. The van der Waals surface area contributed by atoms with Crippen LogP contribution in [0.4, 0.5) is 11.5 Å². The Morgan fingerprint density at radius 3 is 2.65 bits per heavy atom. The maximum absolute atomic E-state index is 12.0. The molecule has 1 amide bonds. The summed E-state index contributed by atoms with van der Waals surface area (Å²) in [5, 5.41) is 5.90. The third-order valence-electron chi connectivity index (χ3n) is 2.54. The smallest absolute Gasteiger partial charge is 0.275 e. The van der Waals surface area contributed by atoms with Crippen molar-refractivity contribution in [3.63, 3.8) is 0 Å². The van der Waals surface area contributed by atoms with E-state index in [1.807, 2.05) is 12.1 Å². The number of amides is 1. The first-order valence-corrected chi connectivity index (χ1v) is 7.11. The molecule has 5 nitrogen and oxygen atoms in total. The van der Waals surface area contributed by atoms with E-state index in [1.165, 1.54) is 0 Å². The molecule has 104 valence electrons. The summed E-state index contributed by atoms with van der Waals surface area (Å²) in [4.78, 5) is 20.2. The normalized spacial score (nSPS) is 10.1. The van der Waals surface area contributed by atoms with Gasteiger partial charge < -0.3 is 10.6 Å². The van der Waals surface area contributed by atoms with Gasteiger partial charge in [0.05, 0.1) is 11.9 Å². The van der Waals surface area contributed by atoms with Crippen LogP contribution >= 0.6 is 15.9 Å². The molecule has 20 heavy (non-hydrogen) atoms. The van der Waals surface area contributed by atoms with E-state index < -0.39 is 0 Å². The highest BCUT2D eigenvalue weighted by atomic mass is 79.9. The molecule has 0 fully saturated rings. The predicted molar refractivity (Wildman–Crippen MR) is 82.9 cm³/mol. The highest BCUT2D eigenvalue weighted by Gasteiger charge is 2.08. The average Bonchev–Trinajstić information content (AvgIpc) is 2.48. The minimum Gasteiger partial charge on any atom is -0.384 e. The molecule has 0 radical (unpaired) electrons. The number of aromatic nitrogens is 2. The Morgan fingerprint density at radius 2 is 2.05 bits per heavy atom. The van der Waals surface area contributed by atoms with Crippen LogP contribution in [-0.2, 0) is 0 Å². The lowest BCUT2D eigenvalue weighted by Gasteiger charge is -2.06. The highest BCUT2D eigenvalue weighted by Crippen LogP contribution is 2.12. The van der Waals surface area contributed by atoms with E-state index in [1.54, 1.807) is 24.5 Å². The van der Waals surface area contributed by atoms with Gasteiger partial charge in [-0.1, -0.05) is 6.92 Å². The number of nitrogens with zero attached hydrogens (tertiary/aromatic N) is 2. The first-order valence-electron chi connectivity index (χ1n) is 6.32. The van der Waals surface area contributed by atoms with E-state index in [9.17, 15) is 4.79 Å². The van der Waals surface area contributed by atoms with Crippen molar-refractivity contribution in [1.29, 1.82) is 0 Å². The van der Waals surface area contributed by atoms with Crippen LogP contribution in [-0.4, -0.2) is 22.4 Å². The van der Waals surface area contributed by atoms with Gasteiger partial charge in [-0.3, -0.25) is 4.79 Å². The molecule has 0 saturated heterocycles. The summed E-state index contributed by atoms with van der Waals surface area (Å²) < 4.78 is 0.861. The molecule has 2 aromatic rings. The number of halogens is 1. The fraction of sp³-hybridized carbons (Fsp3) is 0.214. The van der Waals surface area contributed by atoms with Crippen molar-refractivity contribution in [2.75, 3.05) is 17.2 Å². The lowest BCUT2D eigenvalue weighted by Crippen LogP contribution is -2.14. The van der Waals surface area contributed by atoms with Crippen molar-refractivity contribution in [2.24, 2.45) is 0 Å². The Labute approximate surface area is 126 Å². The van der Waals surface area contributed by atoms with Gasteiger partial charge in [-0.05, 0) is 46.6 Å². The molecular weight excluding hydrogens is 320 g/mol. The molecule has 0 aliphatic carbocycles. The molecular formula is C14H15BrN4O. The van der Waals surface area contributed by atoms with Crippen LogP contribution in [0.3, 0.4) is 0 Å². The van der Waals surface area contributed by atoms with Crippen molar-refractivity contribution in [1.82, 2.24) is 9.97 Å². The van der Waals surface area contributed by atoms with Crippen LogP contribution in [0.5, 0.6) is 0 Å². The Balaban J connectivity index is 2.00. The minimum absolute atomic E-state index is 0.276. The fourth-order valence-electron chi connectivity index (χ4n) is 1.53. The van der Waals surface area contributed by atoms with Crippen LogP contribution in [0.25, 0.3) is 0 Å². The van der Waals surface area contributed by atoms with Crippen molar-refractivity contribution in [3.8, 4) is 0 Å². The molecule has 0 aliphatic rings. The Morgan fingerprint density at radius 1 is 1.20 bits per heavy atom. The maximum atomic E-state index is 12.0. The molecule has 2 rings (SSSR count). The second-order valence-electron chi connectivity index (χ2n) is 4.17. The third kappa shape index (κ3) is 4.03. The standard InChI is InChI=1S/C14H15BrN4O/c1-2-7-16-11-4-5-12(17-9-11)14(20)19-13-6-3-10(15)8-18-13/h3-6,8-9,16H,2,7H2,1H3,(H,18,19,20). The Kier molecular flexibility index (Phi) is 5.06. The zero-order valence-corrected chi connectivity index (χ0v) is 12.6. The quantitative estimate of drug-likeness (QED) is 0.880. The molecule has 2 heterocycles. The van der Waals surface area contributed by atoms with Gasteiger partial charge in [-0.15, -0.1) is 0 Å². The summed E-state index contributed by atoms with van der Waals surface area (Å²) in [6.45, 7) is 2.98. The molecule has 0 atom stereocenters. The summed E-state index contributed by atoms with van der Waals surface area (Å²) in [5.74, 6) is 0.218. The number of nitrogens with one attached hydrogen (secondary N) is 2. The van der Waals surface area contributed by atoms with Crippen LogP contribution in [0, 0.1) is 0 Å². The summed E-state index contributed by atoms with van der Waals surface area (Å²) >= 11 is 3.29. The SMILES string of the molecule is CCCNc1ccc(C(=O)Nc2ccc(Br)cn2)nc1. The van der Waals surface area contributed by atoms with E-state index in [0.29, 0.717) is 11.5 Å². The highest BCUT2D eigenvalue weighted by molar-refractivity contribution is 9.10. The minimum atomic E-state index is -0.276.